The van der Waals surface area contributed by atoms with Gasteiger partial charge in [-0.2, -0.15) is 0 Å². The molecule has 2 N–H and O–H groups in total. The molecule has 1 atom stereocenters. The van der Waals surface area contributed by atoms with Crippen LogP contribution in [0.15, 0.2) is 29.9 Å². The first-order chi connectivity index (χ1) is 11.5. The Morgan fingerprint density at radius 2 is 2.08 bits per heavy atom. The molecule has 0 fully saturated rings. The van der Waals surface area contributed by atoms with E-state index >= 15 is 0 Å². The summed E-state index contributed by atoms with van der Waals surface area (Å²) in [4.78, 5) is 0. The Kier molecular flexibility index (Phi) is 6.50. The van der Waals surface area contributed by atoms with E-state index in [2.05, 4.69) is 26.0 Å². The molecule has 2 rings (SSSR count). The van der Waals surface area contributed by atoms with Crippen LogP contribution >= 0.6 is 0 Å². The third-order valence-electron chi connectivity index (χ3n) is 4.58. The number of aryl methyl sites for hydroxylation is 1. The number of aromatic hydroxyl groups is 1. The minimum absolute atomic E-state index is 0.102. The van der Waals surface area contributed by atoms with Crippen LogP contribution in [-0.2, 0) is 6.42 Å². The lowest BCUT2D eigenvalue weighted by atomic mass is 9.93. The number of rotatable bonds is 8. The van der Waals surface area contributed by atoms with Gasteiger partial charge >= 0.3 is 0 Å². The summed E-state index contributed by atoms with van der Waals surface area (Å²) in [6.45, 7) is 6.28. The summed E-state index contributed by atoms with van der Waals surface area (Å²) in [5.41, 5.74) is 2.50. The molecule has 0 radical (unpaired) electrons. The van der Waals surface area contributed by atoms with Crippen molar-refractivity contribution in [3.63, 3.8) is 0 Å². The molecule has 0 bridgehead atoms. The van der Waals surface area contributed by atoms with Crippen LogP contribution < -0.4 is 4.74 Å². The summed E-state index contributed by atoms with van der Waals surface area (Å²) in [6.07, 6.45) is 12.2. The molecular formula is C21H30O3. The number of aliphatic hydroxyl groups is 1. The van der Waals surface area contributed by atoms with Gasteiger partial charge in [-0.1, -0.05) is 31.4 Å². The molecule has 1 aliphatic rings. The van der Waals surface area contributed by atoms with Gasteiger partial charge in [-0.25, -0.2) is 0 Å². The lowest BCUT2D eigenvalue weighted by molar-refractivity contribution is 0.128. The highest BCUT2D eigenvalue weighted by Crippen LogP contribution is 2.39. The van der Waals surface area contributed by atoms with E-state index in [0.717, 1.165) is 48.1 Å². The Morgan fingerprint density at radius 3 is 2.79 bits per heavy atom. The highest BCUT2D eigenvalue weighted by Gasteiger charge is 2.28. The molecule has 1 aliphatic heterocycles. The monoisotopic (exact) mass is 330 g/mol. The van der Waals surface area contributed by atoms with E-state index < -0.39 is 0 Å². The predicted octanol–water partition coefficient (Wildman–Crippen LogP) is 5.01. The highest BCUT2D eigenvalue weighted by molar-refractivity contribution is 5.67. The Hall–Kier alpha value is -1.74. The van der Waals surface area contributed by atoms with Crippen LogP contribution in [-0.4, -0.2) is 22.4 Å². The summed E-state index contributed by atoms with van der Waals surface area (Å²) in [5.74, 6) is 1.07. The Labute approximate surface area is 145 Å². The molecule has 1 unspecified atom stereocenters. The number of aliphatic hydroxyl groups excluding tert-OH is 1. The van der Waals surface area contributed by atoms with Crippen molar-refractivity contribution in [2.75, 3.05) is 6.61 Å². The SMILES string of the molecule is CCCCCc1cc(O)c2c(c1)OC(C)(CC/C=C(\C)CO)C=C2. The van der Waals surface area contributed by atoms with Gasteiger partial charge in [0, 0.05) is 0 Å². The van der Waals surface area contributed by atoms with Gasteiger partial charge in [-0.15, -0.1) is 0 Å². The number of benzene rings is 1. The van der Waals surface area contributed by atoms with E-state index in [1.807, 2.05) is 25.1 Å². The lowest BCUT2D eigenvalue weighted by Gasteiger charge is -2.32. The van der Waals surface area contributed by atoms with Gasteiger partial charge in [0.05, 0.1) is 12.2 Å². The molecule has 0 amide bonds. The average Bonchev–Trinajstić information content (AvgIpc) is 2.54. The zero-order chi connectivity index (χ0) is 17.6. The number of ether oxygens (including phenoxy) is 1. The number of hydrogen-bond donors (Lipinski definition) is 2. The third-order valence-corrected chi connectivity index (χ3v) is 4.58. The number of unbranched alkanes of at least 4 members (excludes halogenated alkanes) is 2. The second kappa shape index (κ2) is 8.39. The molecule has 1 aromatic carbocycles. The maximum absolute atomic E-state index is 10.3. The van der Waals surface area contributed by atoms with Crippen LogP contribution in [0.3, 0.4) is 0 Å². The first-order valence-electron chi connectivity index (χ1n) is 8.98. The standard InChI is InChI=1S/C21H30O3/c1-4-5-6-9-17-13-19(23)18-10-12-21(3,24-20(18)14-17)11-7-8-16(2)15-22/h8,10,12-14,22-23H,4-7,9,11,15H2,1-3H3/b16-8+. The van der Waals surface area contributed by atoms with E-state index in [0.29, 0.717) is 5.75 Å². The Balaban J connectivity index is 2.10. The molecule has 1 heterocycles. The van der Waals surface area contributed by atoms with Gasteiger partial charge in [-0.3, -0.25) is 0 Å². The van der Waals surface area contributed by atoms with Crippen molar-refractivity contribution in [3.8, 4) is 11.5 Å². The van der Waals surface area contributed by atoms with Crippen molar-refractivity contribution in [2.45, 2.75) is 64.9 Å². The largest absolute Gasteiger partial charge is 0.507 e. The number of phenols is 1. The van der Waals surface area contributed by atoms with E-state index in [9.17, 15) is 5.11 Å². The van der Waals surface area contributed by atoms with Gasteiger partial charge in [0.15, 0.2) is 0 Å². The Bertz CT molecular complexity index is 616. The summed E-state index contributed by atoms with van der Waals surface area (Å²) >= 11 is 0. The molecule has 3 heteroatoms. The van der Waals surface area contributed by atoms with Crippen LogP contribution in [0.4, 0.5) is 0 Å². The molecule has 0 aromatic heterocycles. The summed E-state index contributed by atoms with van der Waals surface area (Å²) in [5, 5.41) is 19.4. The number of fused-ring (bicyclic) bond motifs is 1. The van der Waals surface area contributed by atoms with Crippen LogP contribution in [0.25, 0.3) is 6.08 Å². The van der Waals surface area contributed by atoms with Crippen LogP contribution in [0.5, 0.6) is 11.5 Å². The average molecular weight is 330 g/mol. The second-order valence-corrected chi connectivity index (χ2v) is 6.98. The van der Waals surface area contributed by atoms with Crippen LogP contribution in [0.1, 0.15) is 64.0 Å². The Morgan fingerprint density at radius 1 is 1.29 bits per heavy atom. The van der Waals surface area contributed by atoms with Crippen molar-refractivity contribution in [3.05, 3.63) is 41.0 Å². The van der Waals surface area contributed by atoms with Gasteiger partial charge in [0.1, 0.15) is 17.1 Å². The number of phenolic OH excluding ortho intramolecular Hbond substituents is 1. The molecule has 1 aromatic rings. The predicted molar refractivity (Wildman–Crippen MR) is 99.5 cm³/mol. The first-order valence-corrected chi connectivity index (χ1v) is 8.98. The maximum Gasteiger partial charge on any atom is 0.131 e. The summed E-state index contributed by atoms with van der Waals surface area (Å²) in [7, 11) is 0. The minimum atomic E-state index is -0.381. The third kappa shape index (κ3) is 4.88. The molecule has 0 saturated carbocycles. The molecule has 3 nitrogen and oxygen atoms in total. The fraction of sp³-hybridized carbons (Fsp3) is 0.524. The van der Waals surface area contributed by atoms with Gasteiger partial charge in [0.25, 0.3) is 0 Å². The normalized spacial score (nSPS) is 19.9. The molecule has 0 spiro atoms. The number of hydrogen-bond acceptors (Lipinski definition) is 3. The first kappa shape index (κ1) is 18.6. The van der Waals surface area contributed by atoms with Crippen molar-refractivity contribution in [2.24, 2.45) is 0 Å². The van der Waals surface area contributed by atoms with Crippen LogP contribution in [0.2, 0.25) is 0 Å². The van der Waals surface area contributed by atoms with Crippen molar-refractivity contribution < 1.29 is 14.9 Å². The zero-order valence-electron chi connectivity index (χ0n) is 15.1. The molecule has 132 valence electrons. The second-order valence-electron chi connectivity index (χ2n) is 6.98. The minimum Gasteiger partial charge on any atom is -0.507 e. The van der Waals surface area contributed by atoms with E-state index in [1.165, 1.54) is 12.8 Å². The fourth-order valence-electron chi connectivity index (χ4n) is 2.99. The molecule has 24 heavy (non-hydrogen) atoms. The lowest BCUT2D eigenvalue weighted by Crippen LogP contribution is -2.31. The van der Waals surface area contributed by atoms with Crippen LogP contribution in [0, 0.1) is 0 Å². The summed E-state index contributed by atoms with van der Waals surface area (Å²) < 4.78 is 6.22. The van der Waals surface area contributed by atoms with E-state index in [4.69, 9.17) is 9.84 Å². The van der Waals surface area contributed by atoms with Gasteiger partial charge in [-0.05, 0) is 69.4 Å². The molecular weight excluding hydrogens is 300 g/mol. The maximum atomic E-state index is 10.3. The van der Waals surface area contributed by atoms with E-state index in [-0.39, 0.29) is 12.2 Å². The van der Waals surface area contributed by atoms with Gasteiger partial charge in [0.2, 0.25) is 0 Å². The highest BCUT2D eigenvalue weighted by atomic mass is 16.5. The van der Waals surface area contributed by atoms with Crippen molar-refractivity contribution in [1.29, 1.82) is 0 Å². The van der Waals surface area contributed by atoms with E-state index in [1.54, 1.807) is 0 Å². The van der Waals surface area contributed by atoms with Crippen molar-refractivity contribution in [1.82, 2.24) is 0 Å². The molecule has 0 aliphatic carbocycles. The summed E-state index contributed by atoms with van der Waals surface area (Å²) in [6, 6.07) is 3.93. The smallest absolute Gasteiger partial charge is 0.131 e. The molecule has 0 saturated heterocycles. The fourth-order valence-corrected chi connectivity index (χ4v) is 2.99. The zero-order valence-corrected chi connectivity index (χ0v) is 15.1. The topological polar surface area (TPSA) is 49.7 Å². The quantitative estimate of drug-likeness (QED) is 0.520. The van der Waals surface area contributed by atoms with Gasteiger partial charge < -0.3 is 14.9 Å². The number of allylic oxidation sites excluding steroid dienone is 1. The van der Waals surface area contributed by atoms with Crippen molar-refractivity contribution >= 4 is 6.08 Å².